The summed E-state index contributed by atoms with van der Waals surface area (Å²) in [6, 6.07) is -0.326. The summed E-state index contributed by atoms with van der Waals surface area (Å²) in [6.45, 7) is 2.67. The summed E-state index contributed by atoms with van der Waals surface area (Å²) in [6.07, 6.45) is 1.99. The number of hydrogen-bond donors (Lipinski definition) is 3. The van der Waals surface area contributed by atoms with Gasteiger partial charge in [0.2, 0.25) is 0 Å². The van der Waals surface area contributed by atoms with E-state index in [9.17, 15) is 4.79 Å². The number of carboxylic acids is 1. The summed E-state index contributed by atoms with van der Waals surface area (Å²) in [5, 5.41) is 15.2. The monoisotopic (exact) mass is 170 g/mol. The Kier molecular flexibility index (Phi) is 1.81. The van der Waals surface area contributed by atoms with Crippen LogP contribution in [0.2, 0.25) is 0 Å². The largest absolute Gasteiger partial charge is 0.480 e. The quantitative estimate of drug-likeness (QED) is 0.492. The molecule has 0 amide bonds. The van der Waals surface area contributed by atoms with Crippen LogP contribution in [0.4, 0.5) is 0 Å². The van der Waals surface area contributed by atoms with E-state index in [0.29, 0.717) is 0 Å². The molecule has 3 N–H and O–H groups in total. The minimum Gasteiger partial charge on any atom is -0.480 e. The van der Waals surface area contributed by atoms with Gasteiger partial charge in [-0.15, -0.1) is 0 Å². The zero-order valence-corrected chi connectivity index (χ0v) is 6.97. The predicted octanol–water partition coefficient (Wildman–Crippen LogP) is -0.587. The van der Waals surface area contributed by atoms with Crippen molar-refractivity contribution < 1.29 is 9.90 Å². The van der Waals surface area contributed by atoms with E-state index in [0.717, 1.165) is 32.5 Å². The van der Waals surface area contributed by atoms with Gasteiger partial charge in [0.05, 0.1) is 0 Å². The lowest BCUT2D eigenvalue weighted by atomic mass is 9.80. The molecule has 0 aromatic rings. The third-order valence-corrected chi connectivity index (χ3v) is 3.11. The number of rotatable bonds is 1. The van der Waals surface area contributed by atoms with Crippen molar-refractivity contribution in [2.24, 2.45) is 5.41 Å². The second-order valence-electron chi connectivity index (χ2n) is 3.76. The number of nitrogens with one attached hydrogen (secondary N) is 2. The third-order valence-electron chi connectivity index (χ3n) is 3.11. The van der Waals surface area contributed by atoms with Crippen molar-refractivity contribution in [1.82, 2.24) is 10.6 Å². The Morgan fingerprint density at radius 1 is 1.42 bits per heavy atom. The van der Waals surface area contributed by atoms with Crippen LogP contribution in [0.25, 0.3) is 0 Å². The second-order valence-corrected chi connectivity index (χ2v) is 3.76. The van der Waals surface area contributed by atoms with Crippen LogP contribution in [0.15, 0.2) is 0 Å². The van der Waals surface area contributed by atoms with Gasteiger partial charge in [-0.3, -0.25) is 4.79 Å². The van der Waals surface area contributed by atoms with Crippen molar-refractivity contribution in [3.8, 4) is 0 Å². The lowest BCUT2D eigenvalue weighted by molar-refractivity contribution is -0.141. The van der Waals surface area contributed by atoms with Gasteiger partial charge in [-0.25, -0.2) is 0 Å². The van der Waals surface area contributed by atoms with E-state index < -0.39 is 5.97 Å². The standard InChI is InChI=1S/C8H14N2O2/c11-7(12)6-8(2-4-10-6)1-3-9-5-8/h6,9-10H,1-5H2,(H,11,12). The van der Waals surface area contributed by atoms with Gasteiger partial charge in [0, 0.05) is 12.0 Å². The molecule has 1 spiro atoms. The van der Waals surface area contributed by atoms with E-state index in [-0.39, 0.29) is 11.5 Å². The van der Waals surface area contributed by atoms with Gasteiger partial charge < -0.3 is 15.7 Å². The molecule has 68 valence electrons. The maximum atomic E-state index is 10.9. The first-order valence-electron chi connectivity index (χ1n) is 4.42. The maximum absolute atomic E-state index is 10.9. The van der Waals surface area contributed by atoms with E-state index in [4.69, 9.17) is 5.11 Å². The number of aliphatic carboxylic acids is 1. The molecular weight excluding hydrogens is 156 g/mol. The Morgan fingerprint density at radius 2 is 2.17 bits per heavy atom. The fraction of sp³-hybridized carbons (Fsp3) is 0.875. The van der Waals surface area contributed by atoms with Crippen molar-refractivity contribution in [3.05, 3.63) is 0 Å². The van der Waals surface area contributed by atoms with E-state index in [2.05, 4.69) is 10.6 Å². The van der Waals surface area contributed by atoms with Gasteiger partial charge in [-0.05, 0) is 25.9 Å². The predicted molar refractivity (Wildman–Crippen MR) is 44.0 cm³/mol. The normalized spacial score (nSPS) is 40.8. The summed E-state index contributed by atoms with van der Waals surface area (Å²) < 4.78 is 0. The summed E-state index contributed by atoms with van der Waals surface area (Å²) in [4.78, 5) is 10.9. The van der Waals surface area contributed by atoms with Gasteiger partial charge in [-0.2, -0.15) is 0 Å². The molecule has 2 fully saturated rings. The topological polar surface area (TPSA) is 61.4 Å². The molecule has 2 atom stereocenters. The molecule has 4 heteroatoms. The minimum absolute atomic E-state index is 0.00579. The lowest BCUT2D eigenvalue weighted by Gasteiger charge is -2.26. The van der Waals surface area contributed by atoms with Crippen LogP contribution < -0.4 is 10.6 Å². The summed E-state index contributed by atoms with van der Waals surface area (Å²) >= 11 is 0. The average molecular weight is 170 g/mol. The van der Waals surface area contributed by atoms with E-state index in [1.165, 1.54) is 0 Å². The van der Waals surface area contributed by atoms with E-state index >= 15 is 0 Å². The zero-order chi connectivity index (χ0) is 8.60. The van der Waals surface area contributed by atoms with Crippen molar-refractivity contribution in [2.75, 3.05) is 19.6 Å². The van der Waals surface area contributed by atoms with Gasteiger partial charge in [-0.1, -0.05) is 0 Å². The van der Waals surface area contributed by atoms with Gasteiger partial charge in [0.15, 0.2) is 0 Å². The lowest BCUT2D eigenvalue weighted by Crippen LogP contribution is -2.44. The third kappa shape index (κ3) is 1.03. The number of carboxylic acid groups (broad SMARTS) is 1. The fourth-order valence-electron chi connectivity index (χ4n) is 2.40. The highest BCUT2D eigenvalue weighted by Crippen LogP contribution is 2.37. The molecule has 0 aromatic heterocycles. The summed E-state index contributed by atoms with van der Waals surface area (Å²) in [7, 11) is 0. The molecule has 2 aliphatic rings. The van der Waals surface area contributed by atoms with Crippen molar-refractivity contribution >= 4 is 5.97 Å². The first kappa shape index (κ1) is 8.01. The first-order valence-corrected chi connectivity index (χ1v) is 4.42. The van der Waals surface area contributed by atoms with Crippen molar-refractivity contribution in [1.29, 1.82) is 0 Å². The average Bonchev–Trinajstić information content (AvgIpc) is 2.61. The second kappa shape index (κ2) is 2.71. The van der Waals surface area contributed by atoms with Crippen LogP contribution >= 0.6 is 0 Å². The van der Waals surface area contributed by atoms with Crippen LogP contribution in [0.3, 0.4) is 0 Å². The molecule has 0 radical (unpaired) electrons. The molecule has 2 unspecified atom stereocenters. The SMILES string of the molecule is O=C(O)C1NCCC12CCNC2. The van der Waals surface area contributed by atoms with E-state index in [1.807, 2.05) is 0 Å². The Balaban J connectivity index is 2.17. The van der Waals surface area contributed by atoms with Crippen molar-refractivity contribution in [2.45, 2.75) is 18.9 Å². The molecule has 2 aliphatic heterocycles. The summed E-state index contributed by atoms with van der Waals surface area (Å²) in [5.41, 5.74) is 0.00579. The van der Waals surface area contributed by atoms with Gasteiger partial charge >= 0.3 is 5.97 Å². The summed E-state index contributed by atoms with van der Waals surface area (Å²) in [5.74, 6) is -0.698. The maximum Gasteiger partial charge on any atom is 0.321 e. The molecular formula is C8H14N2O2. The first-order chi connectivity index (χ1) is 5.75. The molecule has 0 aliphatic carbocycles. The molecule has 2 heterocycles. The smallest absolute Gasteiger partial charge is 0.321 e. The molecule has 2 rings (SSSR count). The zero-order valence-electron chi connectivity index (χ0n) is 6.97. The molecule has 0 bridgehead atoms. The van der Waals surface area contributed by atoms with Crippen LogP contribution in [0, 0.1) is 5.41 Å². The highest BCUT2D eigenvalue weighted by molar-refractivity contribution is 5.75. The molecule has 4 nitrogen and oxygen atoms in total. The minimum atomic E-state index is -0.698. The molecule has 0 aromatic carbocycles. The molecule has 12 heavy (non-hydrogen) atoms. The van der Waals surface area contributed by atoms with Crippen LogP contribution in [-0.2, 0) is 4.79 Å². The highest BCUT2D eigenvalue weighted by atomic mass is 16.4. The van der Waals surface area contributed by atoms with Crippen LogP contribution in [0.5, 0.6) is 0 Å². The Morgan fingerprint density at radius 3 is 2.75 bits per heavy atom. The number of carbonyl (C=O) groups is 1. The highest BCUT2D eigenvalue weighted by Gasteiger charge is 2.48. The van der Waals surface area contributed by atoms with E-state index in [1.54, 1.807) is 0 Å². The van der Waals surface area contributed by atoms with Gasteiger partial charge in [0.1, 0.15) is 6.04 Å². The Labute approximate surface area is 71.3 Å². The Hall–Kier alpha value is -0.610. The van der Waals surface area contributed by atoms with Gasteiger partial charge in [0.25, 0.3) is 0 Å². The molecule has 0 saturated carbocycles. The van der Waals surface area contributed by atoms with Crippen LogP contribution in [0.1, 0.15) is 12.8 Å². The van der Waals surface area contributed by atoms with Crippen LogP contribution in [-0.4, -0.2) is 36.8 Å². The number of hydrogen-bond acceptors (Lipinski definition) is 3. The Bertz CT molecular complexity index is 194. The van der Waals surface area contributed by atoms with Crippen molar-refractivity contribution in [3.63, 3.8) is 0 Å². The molecule has 2 saturated heterocycles. The fourth-order valence-corrected chi connectivity index (χ4v) is 2.40.